The first-order valence-corrected chi connectivity index (χ1v) is 13.9. The van der Waals surface area contributed by atoms with Crippen LogP contribution in [0.2, 0.25) is 0 Å². The largest absolute Gasteiger partial charge is 0.354 e. The summed E-state index contributed by atoms with van der Waals surface area (Å²) in [6.45, 7) is 1.40. The summed E-state index contributed by atoms with van der Waals surface area (Å²) in [7, 11) is -3.48. The molecule has 2 aromatic carbocycles. The van der Waals surface area contributed by atoms with Gasteiger partial charge in [-0.05, 0) is 24.3 Å². The molecule has 0 aliphatic carbocycles. The third kappa shape index (κ3) is 7.84. The Labute approximate surface area is 198 Å². The third-order valence-corrected chi connectivity index (χ3v) is 8.77. The summed E-state index contributed by atoms with van der Waals surface area (Å²) in [6.07, 6.45) is 0. The predicted octanol–water partition coefficient (Wildman–Crippen LogP) is 2.16. The molecule has 1 fully saturated rings. The summed E-state index contributed by atoms with van der Waals surface area (Å²) in [5.74, 6) is 0.252. The minimum absolute atomic E-state index is 0.0130. The summed E-state index contributed by atoms with van der Waals surface area (Å²) in [5, 5.41) is 2.67. The number of hydrogen-bond acceptors (Lipinski definition) is 6. The number of hydrogen-bond donors (Lipinski definition) is 1. The van der Waals surface area contributed by atoms with Crippen LogP contribution in [-0.4, -0.2) is 79.4 Å². The summed E-state index contributed by atoms with van der Waals surface area (Å²) in [6, 6.07) is 19.3. The molecule has 1 heterocycles. The summed E-state index contributed by atoms with van der Waals surface area (Å²) in [4.78, 5) is 28.1. The second-order valence-electron chi connectivity index (χ2n) is 7.15. The zero-order valence-corrected chi connectivity index (χ0v) is 20.1. The van der Waals surface area contributed by atoms with E-state index >= 15 is 0 Å². The average Bonchev–Trinajstić information content (AvgIpc) is 2.82. The van der Waals surface area contributed by atoms with Crippen molar-refractivity contribution in [2.24, 2.45) is 0 Å². The Morgan fingerprint density at radius 1 is 0.812 bits per heavy atom. The lowest BCUT2D eigenvalue weighted by atomic mass is 10.3. The standard InChI is InChI=1S/C22H27N3O4S3/c26-21(17-30-19-7-3-1-4-8-19)23-11-16-32(28,29)25-14-12-24(13-15-25)22(27)18-31-20-9-5-2-6-10-20/h1-10H,11-18H2,(H,23,26). The predicted molar refractivity (Wildman–Crippen MR) is 129 cm³/mol. The van der Waals surface area contributed by atoms with Crippen molar-refractivity contribution in [2.45, 2.75) is 9.79 Å². The van der Waals surface area contributed by atoms with E-state index in [1.54, 1.807) is 4.90 Å². The maximum Gasteiger partial charge on any atom is 0.233 e. The molecule has 1 saturated heterocycles. The number of nitrogens with one attached hydrogen (secondary N) is 1. The van der Waals surface area contributed by atoms with Gasteiger partial charge in [0.1, 0.15) is 0 Å². The van der Waals surface area contributed by atoms with Gasteiger partial charge in [0.05, 0.1) is 17.3 Å². The molecule has 2 aromatic rings. The second-order valence-corrected chi connectivity index (χ2v) is 11.3. The Bertz CT molecular complexity index is 980. The number of amides is 2. The van der Waals surface area contributed by atoms with E-state index in [1.807, 2.05) is 60.7 Å². The van der Waals surface area contributed by atoms with Gasteiger partial charge in [-0.3, -0.25) is 9.59 Å². The fourth-order valence-corrected chi connectivity index (χ4v) is 6.04. The molecule has 0 saturated carbocycles. The fraction of sp³-hybridized carbons (Fsp3) is 0.364. The molecule has 0 spiro atoms. The van der Waals surface area contributed by atoms with E-state index in [0.717, 1.165) is 9.79 Å². The quantitative estimate of drug-likeness (QED) is 0.511. The van der Waals surface area contributed by atoms with Crippen LogP contribution in [0.15, 0.2) is 70.5 Å². The van der Waals surface area contributed by atoms with E-state index in [2.05, 4.69) is 5.32 Å². The highest BCUT2D eigenvalue weighted by atomic mass is 32.2. The molecule has 3 rings (SSSR count). The van der Waals surface area contributed by atoms with Crippen molar-refractivity contribution in [3.63, 3.8) is 0 Å². The van der Waals surface area contributed by atoms with Crippen LogP contribution in [0.25, 0.3) is 0 Å². The lowest BCUT2D eigenvalue weighted by Gasteiger charge is -2.34. The van der Waals surface area contributed by atoms with Gasteiger partial charge in [-0.15, -0.1) is 23.5 Å². The first-order valence-electron chi connectivity index (χ1n) is 10.3. The van der Waals surface area contributed by atoms with Gasteiger partial charge >= 0.3 is 0 Å². The van der Waals surface area contributed by atoms with Crippen LogP contribution < -0.4 is 5.32 Å². The highest BCUT2D eigenvalue weighted by molar-refractivity contribution is 8.00. The van der Waals surface area contributed by atoms with Crippen LogP contribution in [0.3, 0.4) is 0 Å². The van der Waals surface area contributed by atoms with Gasteiger partial charge in [0.25, 0.3) is 0 Å². The van der Waals surface area contributed by atoms with Gasteiger partial charge in [0, 0.05) is 42.5 Å². The molecule has 172 valence electrons. The zero-order chi connectivity index (χ0) is 22.8. The van der Waals surface area contributed by atoms with Crippen LogP contribution in [0, 0.1) is 0 Å². The summed E-state index contributed by atoms with van der Waals surface area (Å²) < 4.78 is 26.6. The smallest absolute Gasteiger partial charge is 0.233 e. The highest BCUT2D eigenvalue weighted by Gasteiger charge is 2.28. The Balaban J connectivity index is 1.34. The maximum atomic E-state index is 12.6. The van der Waals surface area contributed by atoms with E-state index in [4.69, 9.17) is 0 Å². The molecule has 0 atom stereocenters. The molecule has 7 nitrogen and oxygen atoms in total. The number of benzene rings is 2. The highest BCUT2D eigenvalue weighted by Crippen LogP contribution is 2.18. The van der Waals surface area contributed by atoms with Crippen molar-refractivity contribution < 1.29 is 18.0 Å². The summed E-state index contributed by atoms with van der Waals surface area (Å²) >= 11 is 2.89. The molecular formula is C22H27N3O4S3. The number of piperazine rings is 1. The van der Waals surface area contributed by atoms with E-state index < -0.39 is 10.0 Å². The Morgan fingerprint density at radius 3 is 1.91 bits per heavy atom. The van der Waals surface area contributed by atoms with Gasteiger partial charge in [0.15, 0.2) is 0 Å². The fourth-order valence-electron chi connectivity index (χ4n) is 3.13. The van der Waals surface area contributed by atoms with Crippen LogP contribution in [-0.2, 0) is 19.6 Å². The molecule has 0 aromatic heterocycles. The number of rotatable bonds is 10. The van der Waals surface area contributed by atoms with Gasteiger partial charge < -0.3 is 10.2 Å². The van der Waals surface area contributed by atoms with Crippen molar-refractivity contribution in [3.05, 3.63) is 60.7 Å². The van der Waals surface area contributed by atoms with Gasteiger partial charge in [-0.1, -0.05) is 36.4 Å². The van der Waals surface area contributed by atoms with Gasteiger partial charge in [0.2, 0.25) is 21.8 Å². The molecule has 32 heavy (non-hydrogen) atoms. The van der Waals surface area contributed by atoms with Crippen LogP contribution in [0.1, 0.15) is 0 Å². The Morgan fingerprint density at radius 2 is 1.34 bits per heavy atom. The average molecular weight is 494 g/mol. The maximum absolute atomic E-state index is 12.6. The first-order chi connectivity index (χ1) is 15.4. The lowest BCUT2D eigenvalue weighted by molar-refractivity contribution is -0.129. The topological polar surface area (TPSA) is 86.8 Å². The van der Waals surface area contributed by atoms with Crippen LogP contribution in [0.4, 0.5) is 0 Å². The van der Waals surface area contributed by atoms with Gasteiger partial charge in [-0.2, -0.15) is 4.31 Å². The number of carbonyl (C=O) groups excluding carboxylic acids is 2. The monoisotopic (exact) mass is 493 g/mol. The molecule has 1 N–H and O–H groups in total. The normalized spacial score (nSPS) is 14.8. The molecule has 2 amide bonds. The number of thioether (sulfide) groups is 2. The molecule has 1 aliphatic rings. The van der Waals surface area contributed by atoms with Crippen molar-refractivity contribution in [2.75, 3.05) is 50.0 Å². The number of nitrogens with zero attached hydrogens (tertiary/aromatic N) is 2. The van der Waals surface area contributed by atoms with Gasteiger partial charge in [-0.25, -0.2) is 8.42 Å². The molecule has 1 aliphatic heterocycles. The Kier molecular flexibility index (Phi) is 9.46. The van der Waals surface area contributed by atoms with Crippen LogP contribution in [0.5, 0.6) is 0 Å². The zero-order valence-electron chi connectivity index (χ0n) is 17.7. The molecule has 0 radical (unpaired) electrons. The Hall–Kier alpha value is -2.01. The first kappa shape index (κ1) is 24.6. The number of carbonyl (C=O) groups is 2. The van der Waals surface area contributed by atoms with E-state index in [0.29, 0.717) is 18.8 Å². The number of sulfonamides is 1. The van der Waals surface area contributed by atoms with E-state index in [-0.39, 0.29) is 43.0 Å². The van der Waals surface area contributed by atoms with Crippen LogP contribution >= 0.6 is 23.5 Å². The minimum atomic E-state index is -3.48. The van der Waals surface area contributed by atoms with E-state index in [1.165, 1.54) is 27.8 Å². The third-order valence-electron chi connectivity index (χ3n) is 4.89. The van der Waals surface area contributed by atoms with Crippen molar-refractivity contribution in [1.82, 2.24) is 14.5 Å². The molecule has 0 unspecified atom stereocenters. The van der Waals surface area contributed by atoms with E-state index in [9.17, 15) is 18.0 Å². The van der Waals surface area contributed by atoms with Crippen molar-refractivity contribution in [1.29, 1.82) is 0 Å². The summed E-state index contributed by atoms with van der Waals surface area (Å²) in [5.41, 5.74) is 0. The molecule has 0 bridgehead atoms. The minimum Gasteiger partial charge on any atom is -0.354 e. The van der Waals surface area contributed by atoms with Crippen molar-refractivity contribution >= 4 is 45.4 Å². The molecule has 10 heteroatoms. The SMILES string of the molecule is O=C(CSc1ccccc1)NCCS(=O)(=O)N1CCN(C(=O)CSc2ccccc2)CC1. The van der Waals surface area contributed by atoms with Crippen molar-refractivity contribution in [3.8, 4) is 0 Å². The second kappa shape index (κ2) is 12.3. The lowest BCUT2D eigenvalue weighted by Crippen LogP contribution is -2.52. The molecular weight excluding hydrogens is 466 g/mol.